The molecule has 1 aliphatic rings. The van der Waals surface area contributed by atoms with Crippen molar-refractivity contribution in [3.63, 3.8) is 0 Å². The average Bonchev–Trinajstić information content (AvgIpc) is 2.76. The van der Waals surface area contributed by atoms with E-state index in [0.29, 0.717) is 28.6 Å². The highest BCUT2D eigenvalue weighted by Crippen LogP contribution is 2.46. The monoisotopic (exact) mass is 351 g/mol. The van der Waals surface area contributed by atoms with Gasteiger partial charge in [0.05, 0.1) is 22.1 Å². The van der Waals surface area contributed by atoms with E-state index in [0.717, 1.165) is 13.0 Å². The highest BCUT2D eigenvalue weighted by Gasteiger charge is 2.41. The molecule has 0 bridgehead atoms. The molecule has 2 aromatic carbocycles. The number of nitrogens with zero attached hydrogens (tertiary/aromatic N) is 2. The predicted molar refractivity (Wildman–Crippen MR) is 94.8 cm³/mol. The molecule has 5 nitrogen and oxygen atoms in total. The molecule has 1 aliphatic heterocycles. The van der Waals surface area contributed by atoms with Crippen molar-refractivity contribution in [3.8, 4) is 0 Å². The average molecular weight is 352 g/mol. The lowest BCUT2D eigenvalue weighted by atomic mass is 10.2. The second kappa shape index (κ2) is 6.39. The van der Waals surface area contributed by atoms with Crippen LogP contribution in [0.3, 0.4) is 0 Å². The van der Waals surface area contributed by atoms with Gasteiger partial charge in [0.15, 0.2) is 0 Å². The first-order valence-corrected chi connectivity index (χ1v) is 9.16. The molecule has 0 saturated carbocycles. The minimum atomic E-state index is -3.69. The lowest BCUT2D eigenvalue weighted by molar-refractivity contribution is 0.591. The van der Waals surface area contributed by atoms with E-state index < -0.39 is 10.2 Å². The van der Waals surface area contributed by atoms with Crippen LogP contribution in [0.5, 0.6) is 0 Å². The molecule has 122 valence electrons. The molecule has 0 aromatic heterocycles. The first-order valence-electron chi connectivity index (χ1n) is 7.38. The first kappa shape index (κ1) is 16.1. The second-order valence-electron chi connectivity index (χ2n) is 5.24. The van der Waals surface area contributed by atoms with Gasteiger partial charge in [0, 0.05) is 6.54 Å². The minimum absolute atomic E-state index is 0.406. The molecule has 0 spiro atoms. The summed E-state index contributed by atoms with van der Waals surface area (Å²) in [5, 5.41) is 3.44. The van der Waals surface area contributed by atoms with Crippen molar-refractivity contribution in [2.75, 3.05) is 28.7 Å². The Hall–Kier alpha value is -1.76. The largest absolute Gasteiger partial charge is 0.331 e. The first-order chi connectivity index (χ1) is 11.1. The van der Waals surface area contributed by atoms with Gasteiger partial charge in [-0.05, 0) is 44.3 Å². The molecular formula is C16H18ClN3O2S. The third kappa shape index (κ3) is 2.78. The number of benzene rings is 2. The molecule has 23 heavy (non-hydrogen) atoms. The van der Waals surface area contributed by atoms with Crippen molar-refractivity contribution in [1.29, 1.82) is 0 Å². The molecule has 1 heterocycles. The summed E-state index contributed by atoms with van der Waals surface area (Å²) in [6, 6.07) is 14.3. The molecule has 0 fully saturated rings. The van der Waals surface area contributed by atoms with Gasteiger partial charge in [-0.3, -0.25) is 4.31 Å². The quantitative estimate of drug-likeness (QED) is 0.842. The number of fused-ring (bicyclic) bond motifs is 1. The molecule has 1 N–H and O–H groups in total. The van der Waals surface area contributed by atoms with Gasteiger partial charge in [-0.1, -0.05) is 35.9 Å². The van der Waals surface area contributed by atoms with Crippen molar-refractivity contribution in [2.45, 2.75) is 6.42 Å². The zero-order valence-corrected chi connectivity index (χ0v) is 14.3. The van der Waals surface area contributed by atoms with Crippen LogP contribution in [0.2, 0.25) is 5.02 Å². The number of hydrogen-bond donors (Lipinski definition) is 1. The molecule has 0 radical (unpaired) electrons. The molecule has 0 unspecified atom stereocenters. The number of para-hydroxylation sites is 3. The number of rotatable bonds is 5. The third-order valence-corrected chi connectivity index (χ3v) is 5.85. The van der Waals surface area contributed by atoms with Crippen LogP contribution in [-0.2, 0) is 10.2 Å². The summed E-state index contributed by atoms with van der Waals surface area (Å²) in [4.78, 5) is 0. The van der Waals surface area contributed by atoms with E-state index >= 15 is 0 Å². The highest BCUT2D eigenvalue weighted by atomic mass is 35.5. The summed E-state index contributed by atoms with van der Waals surface area (Å²) < 4.78 is 28.9. The van der Waals surface area contributed by atoms with E-state index in [1.807, 2.05) is 25.2 Å². The van der Waals surface area contributed by atoms with Crippen LogP contribution in [-0.4, -0.2) is 28.6 Å². The van der Waals surface area contributed by atoms with Crippen LogP contribution in [0.25, 0.3) is 0 Å². The summed E-state index contributed by atoms with van der Waals surface area (Å²) in [6.07, 6.45) is 0.723. The van der Waals surface area contributed by atoms with Gasteiger partial charge in [0.1, 0.15) is 0 Å². The van der Waals surface area contributed by atoms with Crippen molar-refractivity contribution >= 4 is 38.9 Å². The maximum Gasteiger partial charge on any atom is 0.331 e. The SMILES string of the molecule is CNCCCN1c2ccccc2N(c2ccccc2Cl)S1(=O)=O. The number of halogens is 1. The lowest BCUT2D eigenvalue weighted by Gasteiger charge is -2.22. The van der Waals surface area contributed by atoms with Gasteiger partial charge in [-0.25, -0.2) is 4.31 Å². The normalized spacial score (nSPS) is 15.7. The van der Waals surface area contributed by atoms with Gasteiger partial charge >= 0.3 is 10.2 Å². The fourth-order valence-electron chi connectivity index (χ4n) is 2.70. The van der Waals surface area contributed by atoms with E-state index in [4.69, 9.17) is 11.6 Å². The van der Waals surface area contributed by atoms with E-state index in [2.05, 4.69) is 5.32 Å². The summed E-state index contributed by atoms with van der Waals surface area (Å²) >= 11 is 6.24. The Balaban J connectivity index is 2.09. The Bertz CT molecular complexity index is 810. The van der Waals surface area contributed by atoms with Gasteiger partial charge in [-0.2, -0.15) is 8.42 Å². The van der Waals surface area contributed by atoms with E-state index in [1.165, 1.54) is 8.61 Å². The fourth-order valence-corrected chi connectivity index (χ4v) is 4.74. The van der Waals surface area contributed by atoms with Gasteiger partial charge in [-0.15, -0.1) is 0 Å². The number of anilines is 3. The maximum atomic E-state index is 13.1. The van der Waals surface area contributed by atoms with Gasteiger partial charge in [0.2, 0.25) is 0 Å². The van der Waals surface area contributed by atoms with Crippen LogP contribution in [0.15, 0.2) is 48.5 Å². The third-order valence-electron chi connectivity index (χ3n) is 3.74. The molecule has 7 heteroatoms. The summed E-state index contributed by atoms with van der Waals surface area (Å²) in [6.45, 7) is 1.17. The van der Waals surface area contributed by atoms with Gasteiger partial charge in [0.25, 0.3) is 0 Å². The van der Waals surface area contributed by atoms with Crippen LogP contribution in [0, 0.1) is 0 Å². The molecule has 0 saturated heterocycles. The Labute approximate surface area is 141 Å². The van der Waals surface area contributed by atoms with Crippen LogP contribution < -0.4 is 13.9 Å². The van der Waals surface area contributed by atoms with E-state index in [9.17, 15) is 8.42 Å². The molecule has 0 atom stereocenters. The molecule has 3 rings (SSSR count). The van der Waals surface area contributed by atoms with Crippen molar-refractivity contribution in [2.24, 2.45) is 0 Å². The summed E-state index contributed by atoms with van der Waals surface area (Å²) in [5.74, 6) is 0. The molecule has 0 amide bonds. The highest BCUT2D eigenvalue weighted by molar-refractivity contribution is 7.95. The fraction of sp³-hybridized carbons (Fsp3) is 0.250. The smallest absolute Gasteiger partial charge is 0.320 e. The Morgan fingerprint density at radius 1 is 1.00 bits per heavy atom. The van der Waals surface area contributed by atoms with E-state index in [-0.39, 0.29) is 0 Å². The number of hydrogen-bond acceptors (Lipinski definition) is 3. The Morgan fingerprint density at radius 3 is 2.26 bits per heavy atom. The van der Waals surface area contributed by atoms with Crippen LogP contribution >= 0.6 is 11.6 Å². The topological polar surface area (TPSA) is 52.6 Å². The Morgan fingerprint density at radius 2 is 1.61 bits per heavy atom. The summed E-state index contributed by atoms with van der Waals surface area (Å²) in [5.41, 5.74) is 1.78. The van der Waals surface area contributed by atoms with Crippen molar-refractivity contribution < 1.29 is 8.42 Å². The van der Waals surface area contributed by atoms with Crippen LogP contribution in [0.4, 0.5) is 17.1 Å². The van der Waals surface area contributed by atoms with Crippen molar-refractivity contribution in [1.82, 2.24) is 5.32 Å². The molecule has 2 aromatic rings. The van der Waals surface area contributed by atoms with Crippen molar-refractivity contribution in [3.05, 3.63) is 53.6 Å². The lowest BCUT2D eigenvalue weighted by Crippen LogP contribution is -2.36. The van der Waals surface area contributed by atoms with Crippen LogP contribution in [0.1, 0.15) is 6.42 Å². The van der Waals surface area contributed by atoms with E-state index in [1.54, 1.807) is 30.3 Å². The minimum Gasteiger partial charge on any atom is -0.320 e. The zero-order chi connectivity index (χ0) is 16.4. The predicted octanol–water partition coefficient (Wildman–Crippen LogP) is 3.15. The second-order valence-corrected chi connectivity index (χ2v) is 7.35. The Kier molecular flexibility index (Phi) is 4.48. The van der Waals surface area contributed by atoms with Gasteiger partial charge < -0.3 is 5.32 Å². The molecular weight excluding hydrogens is 334 g/mol. The number of nitrogens with one attached hydrogen (secondary N) is 1. The summed E-state index contributed by atoms with van der Waals surface area (Å²) in [7, 11) is -1.84. The standard InChI is InChI=1S/C16H18ClN3O2S/c1-18-11-6-12-19-15-9-4-5-10-16(15)20(23(19,21)22)14-8-3-2-7-13(14)17/h2-5,7-10,18H,6,11-12H2,1H3. The zero-order valence-electron chi connectivity index (χ0n) is 12.7. The molecule has 0 aliphatic carbocycles. The maximum absolute atomic E-state index is 13.1.